The van der Waals surface area contributed by atoms with Crippen molar-refractivity contribution in [2.24, 2.45) is 0 Å². The lowest BCUT2D eigenvalue weighted by atomic mass is 10.1. The molecule has 0 aliphatic rings. The number of halogens is 2. The van der Waals surface area contributed by atoms with E-state index in [9.17, 15) is 4.79 Å². The first-order valence-electron chi connectivity index (χ1n) is 6.80. The first-order valence-corrected chi connectivity index (χ1v) is 7.56. The van der Waals surface area contributed by atoms with E-state index in [0.717, 1.165) is 12.8 Å². The molecule has 0 aliphatic carbocycles. The molecular weight excluding hydrogens is 307 g/mol. The van der Waals surface area contributed by atoms with Gasteiger partial charge in [-0.25, -0.2) is 0 Å². The molecule has 2 nitrogen and oxygen atoms in total. The standard InChI is InChI=1S/C17H16Cl2O2/c1-2-4-12-7-9-13(10-8-12)15(20)11-21-16-6-3-5-14(18)17(16)19/h3,5-10H,2,4,11H2,1H3. The molecule has 0 aliphatic heterocycles. The van der Waals surface area contributed by atoms with E-state index in [1.165, 1.54) is 5.56 Å². The third-order valence-electron chi connectivity index (χ3n) is 3.09. The third kappa shape index (κ3) is 4.23. The van der Waals surface area contributed by atoms with Crippen LogP contribution in [0.25, 0.3) is 0 Å². The van der Waals surface area contributed by atoms with Crippen molar-refractivity contribution in [3.8, 4) is 5.75 Å². The van der Waals surface area contributed by atoms with Crippen LogP contribution in [0.15, 0.2) is 42.5 Å². The molecule has 2 rings (SSSR count). The molecule has 0 amide bonds. The van der Waals surface area contributed by atoms with E-state index in [0.29, 0.717) is 21.4 Å². The van der Waals surface area contributed by atoms with Gasteiger partial charge in [0.15, 0.2) is 12.4 Å². The van der Waals surface area contributed by atoms with Gasteiger partial charge in [0.2, 0.25) is 0 Å². The van der Waals surface area contributed by atoms with Crippen LogP contribution in [0.3, 0.4) is 0 Å². The predicted molar refractivity (Wildman–Crippen MR) is 86.7 cm³/mol. The number of aryl methyl sites for hydroxylation is 1. The van der Waals surface area contributed by atoms with Crippen LogP contribution in [-0.4, -0.2) is 12.4 Å². The SMILES string of the molecule is CCCc1ccc(C(=O)COc2cccc(Cl)c2Cl)cc1. The molecule has 0 bridgehead atoms. The minimum absolute atomic E-state index is 0.0623. The number of hydrogen-bond acceptors (Lipinski definition) is 2. The first-order chi connectivity index (χ1) is 10.1. The van der Waals surface area contributed by atoms with E-state index in [1.54, 1.807) is 18.2 Å². The first kappa shape index (κ1) is 15.9. The van der Waals surface area contributed by atoms with Gasteiger partial charge in [-0.05, 0) is 24.1 Å². The Kier molecular flexibility index (Phi) is 5.66. The lowest BCUT2D eigenvalue weighted by Crippen LogP contribution is -2.11. The maximum atomic E-state index is 12.1. The van der Waals surface area contributed by atoms with Gasteiger partial charge in [-0.3, -0.25) is 4.79 Å². The molecule has 0 unspecified atom stereocenters. The van der Waals surface area contributed by atoms with Crippen molar-refractivity contribution in [2.45, 2.75) is 19.8 Å². The van der Waals surface area contributed by atoms with Crippen LogP contribution in [-0.2, 0) is 6.42 Å². The monoisotopic (exact) mass is 322 g/mol. The second-order valence-corrected chi connectivity index (χ2v) is 5.50. The summed E-state index contributed by atoms with van der Waals surface area (Å²) in [4.78, 5) is 12.1. The average molecular weight is 323 g/mol. The Morgan fingerprint density at radius 1 is 1.10 bits per heavy atom. The summed E-state index contributed by atoms with van der Waals surface area (Å²) in [5.41, 5.74) is 1.86. The lowest BCUT2D eigenvalue weighted by molar-refractivity contribution is 0.0921. The molecule has 2 aromatic carbocycles. The Labute approximate surface area is 134 Å². The Morgan fingerprint density at radius 3 is 2.48 bits per heavy atom. The van der Waals surface area contributed by atoms with Gasteiger partial charge in [0.05, 0.1) is 5.02 Å². The van der Waals surface area contributed by atoms with Gasteiger partial charge >= 0.3 is 0 Å². The zero-order valence-electron chi connectivity index (χ0n) is 11.7. The highest BCUT2D eigenvalue weighted by molar-refractivity contribution is 6.42. The van der Waals surface area contributed by atoms with E-state index in [2.05, 4.69) is 6.92 Å². The molecular formula is C17H16Cl2O2. The van der Waals surface area contributed by atoms with Gasteiger partial charge in [-0.15, -0.1) is 0 Å². The molecule has 4 heteroatoms. The molecule has 0 saturated carbocycles. The highest BCUT2D eigenvalue weighted by Gasteiger charge is 2.10. The minimum atomic E-state index is -0.0888. The second-order valence-electron chi connectivity index (χ2n) is 4.71. The van der Waals surface area contributed by atoms with Crippen molar-refractivity contribution in [1.82, 2.24) is 0 Å². The number of ketones is 1. The van der Waals surface area contributed by atoms with Crippen LogP contribution in [0.5, 0.6) is 5.75 Å². The molecule has 0 fully saturated rings. The van der Waals surface area contributed by atoms with Gasteiger partial charge in [0, 0.05) is 5.56 Å². The van der Waals surface area contributed by atoms with Crippen LogP contribution in [0.1, 0.15) is 29.3 Å². The summed E-state index contributed by atoms with van der Waals surface area (Å²) in [6.45, 7) is 2.06. The summed E-state index contributed by atoms with van der Waals surface area (Å²) in [7, 11) is 0. The van der Waals surface area contributed by atoms with Crippen LogP contribution < -0.4 is 4.74 Å². The van der Waals surface area contributed by atoms with Gasteiger partial charge in [-0.2, -0.15) is 0 Å². The Morgan fingerprint density at radius 2 is 1.81 bits per heavy atom. The Bertz CT molecular complexity index is 621. The maximum absolute atomic E-state index is 12.1. The maximum Gasteiger partial charge on any atom is 0.200 e. The van der Waals surface area contributed by atoms with Gasteiger partial charge in [-0.1, -0.05) is 66.9 Å². The highest BCUT2D eigenvalue weighted by Crippen LogP contribution is 2.31. The molecule has 21 heavy (non-hydrogen) atoms. The van der Waals surface area contributed by atoms with Crippen molar-refractivity contribution in [2.75, 3.05) is 6.61 Å². The number of benzene rings is 2. The molecule has 0 heterocycles. The quantitative estimate of drug-likeness (QED) is 0.682. The molecule has 0 N–H and O–H groups in total. The smallest absolute Gasteiger partial charge is 0.200 e. The van der Waals surface area contributed by atoms with Crippen LogP contribution in [0.2, 0.25) is 10.0 Å². The van der Waals surface area contributed by atoms with E-state index >= 15 is 0 Å². The fraction of sp³-hybridized carbons (Fsp3) is 0.235. The summed E-state index contributed by atoms with van der Waals surface area (Å²) in [5.74, 6) is 0.328. The Balaban J connectivity index is 1.99. The van der Waals surface area contributed by atoms with Crippen molar-refractivity contribution < 1.29 is 9.53 Å². The van der Waals surface area contributed by atoms with E-state index in [1.807, 2.05) is 24.3 Å². The molecule has 0 saturated heterocycles. The molecule has 0 spiro atoms. The van der Waals surface area contributed by atoms with E-state index in [-0.39, 0.29) is 12.4 Å². The number of Topliss-reactive ketones (excluding diaryl/α,β-unsaturated/α-hetero) is 1. The normalized spacial score (nSPS) is 10.4. The predicted octanol–water partition coefficient (Wildman–Crippen LogP) is 5.21. The molecule has 0 aromatic heterocycles. The number of carbonyl (C=O) groups is 1. The molecule has 0 atom stereocenters. The Hall–Kier alpha value is -1.51. The fourth-order valence-corrected chi connectivity index (χ4v) is 2.31. The summed E-state index contributed by atoms with van der Waals surface area (Å²) in [6.07, 6.45) is 2.10. The zero-order valence-corrected chi connectivity index (χ0v) is 13.2. The molecule has 0 radical (unpaired) electrons. The molecule has 110 valence electrons. The van der Waals surface area contributed by atoms with Gasteiger partial charge < -0.3 is 4.74 Å². The minimum Gasteiger partial charge on any atom is -0.484 e. The van der Waals surface area contributed by atoms with Crippen molar-refractivity contribution in [3.63, 3.8) is 0 Å². The van der Waals surface area contributed by atoms with Crippen molar-refractivity contribution in [1.29, 1.82) is 0 Å². The van der Waals surface area contributed by atoms with Crippen molar-refractivity contribution in [3.05, 3.63) is 63.6 Å². The van der Waals surface area contributed by atoms with Crippen molar-refractivity contribution >= 4 is 29.0 Å². The van der Waals surface area contributed by atoms with E-state index < -0.39 is 0 Å². The second kappa shape index (κ2) is 7.48. The average Bonchev–Trinajstić information content (AvgIpc) is 2.49. The summed E-state index contributed by atoms with van der Waals surface area (Å²) in [6, 6.07) is 12.7. The number of ether oxygens (including phenoxy) is 1. The van der Waals surface area contributed by atoms with E-state index in [4.69, 9.17) is 27.9 Å². The summed E-state index contributed by atoms with van der Waals surface area (Å²) in [5, 5.41) is 0.732. The number of carbonyl (C=O) groups excluding carboxylic acids is 1. The zero-order chi connectivity index (χ0) is 15.2. The van der Waals surface area contributed by atoms with Gasteiger partial charge in [0.25, 0.3) is 0 Å². The van der Waals surface area contributed by atoms with Crippen LogP contribution >= 0.6 is 23.2 Å². The number of rotatable bonds is 6. The van der Waals surface area contributed by atoms with Crippen LogP contribution in [0, 0.1) is 0 Å². The summed E-state index contributed by atoms with van der Waals surface area (Å²) < 4.78 is 5.45. The van der Waals surface area contributed by atoms with Crippen LogP contribution in [0.4, 0.5) is 0 Å². The van der Waals surface area contributed by atoms with Gasteiger partial charge in [0.1, 0.15) is 10.8 Å². The topological polar surface area (TPSA) is 26.3 Å². The molecule has 2 aromatic rings. The highest BCUT2D eigenvalue weighted by atomic mass is 35.5. The fourth-order valence-electron chi connectivity index (χ4n) is 1.97. The summed E-state index contributed by atoms with van der Waals surface area (Å²) >= 11 is 11.9. The lowest BCUT2D eigenvalue weighted by Gasteiger charge is -2.08. The largest absolute Gasteiger partial charge is 0.484 e. The third-order valence-corrected chi connectivity index (χ3v) is 3.89. The number of hydrogen-bond donors (Lipinski definition) is 0.